The first-order valence-electron chi connectivity index (χ1n) is 11.9. The van der Waals surface area contributed by atoms with E-state index in [-0.39, 0.29) is 34.4 Å². The van der Waals surface area contributed by atoms with E-state index in [0.29, 0.717) is 11.3 Å². The number of non-ortho nitro benzene ring substituents is 1. The molecule has 1 aliphatic heterocycles. The van der Waals surface area contributed by atoms with Crippen molar-refractivity contribution in [3.8, 4) is 11.5 Å². The van der Waals surface area contributed by atoms with Gasteiger partial charge in [-0.3, -0.25) is 24.6 Å². The molecule has 5 rings (SSSR count). The van der Waals surface area contributed by atoms with E-state index in [4.69, 9.17) is 8.92 Å². The summed E-state index contributed by atoms with van der Waals surface area (Å²) in [5.41, 5.74) is 0.308. The summed E-state index contributed by atoms with van der Waals surface area (Å²) >= 11 is 0.808. The Hall–Kier alpha value is -4.68. The number of nitro benzene ring substituents is 1. The van der Waals surface area contributed by atoms with Gasteiger partial charge in [0.05, 0.1) is 16.4 Å². The number of carbonyl (C=O) groups is 2. The lowest BCUT2D eigenvalue weighted by Crippen LogP contribution is -2.32. The van der Waals surface area contributed by atoms with Gasteiger partial charge in [0.1, 0.15) is 23.0 Å². The minimum atomic E-state index is -4.22. The van der Waals surface area contributed by atoms with Crippen molar-refractivity contribution in [2.75, 3.05) is 13.2 Å². The van der Waals surface area contributed by atoms with E-state index in [1.807, 2.05) is 42.5 Å². The third-order valence-electron chi connectivity index (χ3n) is 5.92. The lowest BCUT2D eigenvalue weighted by molar-refractivity contribution is -0.384. The van der Waals surface area contributed by atoms with Gasteiger partial charge >= 0.3 is 10.1 Å². The van der Waals surface area contributed by atoms with Gasteiger partial charge in [0.25, 0.3) is 16.8 Å². The summed E-state index contributed by atoms with van der Waals surface area (Å²) in [7, 11) is -4.22. The minimum absolute atomic E-state index is 0.00851. The van der Waals surface area contributed by atoms with Crippen LogP contribution in [0.25, 0.3) is 16.8 Å². The van der Waals surface area contributed by atoms with E-state index < -0.39 is 26.2 Å². The Morgan fingerprint density at radius 3 is 2.33 bits per heavy atom. The van der Waals surface area contributed by atoms with Crippen LogP contribution in [0.3, 0.4) is 0 Å². The molecular formula is C28H20N2O8S2. The SMILES string of the molecule is O=C1S/C(=C\c2ccc(OS(=O)(=O)c3ccc([N+](=O)[O-])cc3)cc2)C(=O)N1CCOc1cccc2ccccc12. The van der Waals surface area contributed by atoms with Crippen LogP contribution in [0, 0.1) is 10.1 Å². The maximum atomic E-state index is 12.9. The predicted molar refractivity (Wildman–Crippen MR) is 149 cm³/mol. The highest BCUT2D eigenvalue weighted by Gasteiger charge is 2.34. The van der Waals surface area contributed by atoms with Crippen molar-refractivity contribution in [3.63, 3.8) is 0 Å². The second kappa shape index (κ2) is 11.2. The van der Waals surface area contributed by atoms with Crippen LogP contribution in [0.4, 0.5) is 10.5 Å². The maximum absolute atomic E-state index is 12.9. The van der Waals surface area contributed by atoms with Crippen molar-refractivity contribution in [1.29, 1.82) is 0 Å². The molecule has 2 amide bonds. The van der Waals surface area contributed by atoms with Gasteiger partial charge < -0.3 is 8.92 Å². The van der Waals surface area contributed by atoms with E-state index in [0.717, 1.165) is 51.7 Å². The summed E-state index contributed by atoms with van der Waals surface area (Å²) in [4.78, 5) is 36.6. The molecule has 0 aromatic heterocycles. The number of nitrogens with zero attached hydrogens (tertiary/aromatic N) is 2. The molecule has 0 bridgehead atoms. The van der Waals surface area contributed by atoms with Crippen LogP contribution in [0.15, 0.2) is 101 Å². The lowest BCUT2D eigenvalue weighted by Gasteiger charge is -2.14. The second-order valence-electron chi connectivity index (χ2n) is 8.52. The molecule has 202 valence electrons. The first-order valence-corrected chi connectivity index (χ1v) is 14.1. The summed E-state index contributed by atoms with van der Waals surface area (Å²) in [6.07, 6.45) is 1.53. The van der Waals surface area contributed by atoms with Crippen molar-refractivity contribution >= 4 is 55.6 Å². The fraction of sp³-hybridized carbons (Fsp3) is 0.0714. The molecule has 0 N–H and O–H groups in total. The van der Waals surface area contributed by atoms with Crippen molar-refractivity contribution in [2.24, 2.45) is 0 Å². The molecule has 0 spiro atoms. The van der Waals surface area contributed by atoms with Gasteiger partial charge in [-0.1, -0.05) is 48.5 Å². The molecule has 1 aliphatic rings. The summed E-state index contributed by atoms with van der Waals surface area (Å²) in [5.74, 6) is 0.227. The van der Waals surface area contributed by atoms with Gasteiger partial charge in [-0.15, -0.1) is 0 Å². The Labute approximate surface area is 233 Å². The van der Waals surface area contributed by atoms with E-state index >= 15 is 0 Å². The highest BCUT2D eigenvalue weighted by Crippen LogP contribution is 2.33. The Kier molecular flexibility index (Phi) is 7.54. The number of benzene rings is 4. The zero-order valence-electron chi connectivity index (χ0n) is 20.6. The molecule has 1 heterocycles. The summed E-state index contributed by atoms with van der Waals surface area (Å²) < 4.78 is 36.0. The monoisotopic (exact) mass is 576 g/mol. The minimum Gasteiger partial charge on any atom is -0.491 e. The number of nitro groups is 1. The number of amides is 2. The average Bonchev–Trinajstić information content (AvgIpc) is 3.21. The third-order valence-corrected chi connectivity index (χ3v) is 8.08. The number of thioether (sulfide) groups is 1. The molecule has 0 saturated carbocycles. The zero-order valence-corrected chi connectivity index (χ0v) is 22.3. The summed E-state index contributed by atoms with van der Waals surface area (Å²) in [6.45, 7) is 0.215. The average molecular weight is 577 g/mol. The molecule has 1 saturated heterocycles. The van der Waals surface area contributed by atoms with E-state index in [1.54, 1.807) is 0 Å². The highest BCUT2D eigenvalue weighted by molar-refractivity contribution is 8.18. The maximum Gasteiger partial charge on any atom is 0.339 e. The molecular weight excluding hydrogens is 556 g/mol. The number of hydrogen-bond donors (Lipinski definition) is 0. The van der Waals surface area contributed by atoms with Gasteiger partial charge in [0.2, 0.25) is 0 Å². The molecule has 40 heavy (non-hydrogen) atoms. The van der Waals surface area contributed by atoms with Gasteiger partial charge in [-0.2, -0.15) is 8.42 Å². The third kappa shape index (κ3) is 5.82. The lowest BCUT2D eigenvalue weighted by atomic mass is 10.1. The quantitative estimate of drug-likeness (QED) is 0.108. The number of rotatable bonds is 9. The second-order valence-corrected chi connectivity index (χ2v) is 11.1. The molecule has 1 fully saturated rings. The topological polar surface area (TPSA) is 133 Å². The molecule has 12 heteroatoms. The van der Waals surface area contributed by atoms with Crippen LogP contribution >= 0.6 is 11.8 Å². The highest BCUT2D eigenvalue weighted by atomic mass is 32.2. The first-order chi connectivity index (χ1) is 19.2. The van der Waals surface area contributed by atoms with Gasteiger partial charge in [-0.25, -0.2) is 0 Å². The Morgan fingerprint density at radius 1 is 0.900 bits per heavy atom. The molecule has 4 aromatic carbocycles. The zero-order chi connectivity index (χ0) is 28.3. The Balaban J connectivity index is 1.21. The molecule has 0 unspecified atom stereocenters. The van der Waals surface area contributed by atoms with Gasteiger partial charge in [-0.05, 0) is 59.1 Å². The van der Waals surface area contributed by atoms with Crippen LogP contribution in [0.5, 0.6) is 11.5 Å². The van der Waals surface area contributed by atoms with Crippen LogP contribution in [-0.4, -0.2) is 42.5 Å². The standard InChI is InChI=1S/C28H20N2O8S2/c31-27-26(39-28(32)29(27)16-17-37-25-7-3-5-20-4-1-2-6-24(20)25)18-19-8-12-22(13-9-19)38-40(35,36)23-14-10-21(11-15-23)30(33)34/h1-15,18H,16-17H2/b26-18-. The summed E-state index contributed by atoms with van der Waals surface area (Å²) in [5, 5.41) is 12.3. The number of ether oxygens (including phenoxy) is 1. The van der Waals surface area contributed by atoms with Crippen LogP contribution in [0.1, 0.15) is 5.56 Å². The van der Waals surface area contributed by atoms with E-state index in [9.17, 15) is 28.1 Å². The van der Waals surface area contributed by atoms with Crippen molar-refractivity contribution < 1.29 is 31.9 Å². The first kappa shape index (κ1) is 26.9. The fourth-order valence-electron chi connectivity index (χ4n) is 3.94. The normalized spacial score (nSPS) is 14.6. The number of fused-ring (bicyclic) bond motifs is 1. The Morgan fingerprint density at radius 2 is 1.60 bits per heavy atom. The van der Waals surface area contributed by atoms with Crippen molar-refractivity contribution in [2.45, 2.75) is 4.90 Å². The fourth-order valence-corrected chi connectivity index (χ4v) is 5.74. The van der Waals surface area contributed by atoms with Crippen LogP contribution in [0.2, 0.25) is 0 Å². The molecule has 10 nitrogen and oxygen atoms in total. The molecule has 0 atom stereocenters. The predicted octanol–water partition coefficient (Wildman–Crippen LogP) is 5.63. The Bertz CT molecular complexity index is 1750. The van der Waals surface area contributed by atoms with Gasteiger partial charge in [0, 0.05) is 17.5 Å². The van der Waals surface area contributed by atoms with E-state index in [1.165, 1.54) is 30.3 Å². The molecule has 4 aromatic rings. The molecule has 0 aliphatic carbocycles. The van der Waals surface area contributed by atoms with Crippen molar-refractivity contribution in [3.05, 3.63) is 112 Å². The van der Waals surface area contributed by atoms with Gasteiger partial charge in [0.15, 0.2) is 0 Å². The number of carbonyl (C=O) groups excluding carboxylic acids is 2. The smallest absolute Gasteiger partial charge is 0.339 e. The largest absolute Gasteiger partial charge is 0.491 e. The van der Waals surface area contributed by atoms with Crippen LogP contribution < -0.4 is 8.92 Å². The van der Waals surface area contributed by atoms with Crippen LogP contribution in [-0.2, 0) is 14.9 Å². The van der Waals surface area contributed by atoms with E-state index in [2.05, 4.69) is 0 Å². The van der Waals surface area contributed by atoms with Crippen molar-refractivity contribution in [1.82, 2.24) is 4.90 Å². The molecule has 0 radical (unpaired) electrons. The number of imide groups is 1. The summed E-state index contributed by atoms with van der Waals surface area (Å²) in [6, 6.07) is 23.6. The number of hydrogen-bond acceptors (Lipinski definition) is 9.